The lowest BCUT2D eigenvalue weighted by molar-refractivity contribution is -0.153. The molecule has 10 heteroatoms. The summed E-state index contributed by atoms with van der Waals surface area (Å²) in [5.41, 5.74) is 0. The van der Waals surface area contributed by atoms with E-state index in [9.17, 15) is 22.8 Å². The van der Waals surface area contributed by atoms with Gasteiger partial charge in [-0.1, -0.05) is 0 Å². The second-order valence-corrected chi connectivity index (χ2v) is 5.72. The molecule has 0 aromatic rings. The average molecular weight is 325 g/mol. The molecule has 0 aromatic heterocycles. The van der Waals surface area contributed by atoms with Crippen molar-refractivity contribution in [3.8, 4) is 0 Å². The van der Waals surface area contributed by atoms with E-state index in [1.165, 1.54) is 6.92 Å². The largest absolute Gasteiger partial charge is 0.464 e. The van der Waals surface area contributed by atoms with E-state index in [0.29, 0.717) is 0 Å². The first-order valence-corrected chi connectivity index (χ1v) is 7.67. The molecule has 0 rings (SSSR count). The van der Waals surface area contributed by atoms with Gasteiger partial charge < -0.3 is 14.8 Å². The van der Waals surface area contributed by atoms with Gasteiger partial charge in [0, 0.05) is 6.92 Å². The number of carbonyl (C=O) groups excluding carboxylic acids is 3. The van der Waals surface area contributed by atoms with E-state index in [4.69, 9.17) is 9.47 Å². The number of nitrogens with one attached hydrogen (secondary N) is 1. The maximum Gasteiger partial charge on any atom is 0.332 e. The molecule has 1 atom stereocenters. The summed E-state index contributed by atoms with van der Waals surface area (Å²) in [5, 5.41) is 2.27. The second kappa shape index (κ2) is 9.29. The lowest BCUT2D eigenvalue weighted by Crippen LogP contribution is -2.44. The van der Waals surface area contributed by atoms with Crippen molar-refractivity contribution in [2.75, 3.05) is 26.1 Å². The molecule has 0 saturated carbocycles. The van der Waals surface area contributed by atoms with Crippen molar-refractivity contribution in [2.45, 2.75) is 26.3 Å². The molecule has 1 unspecified atom stereocenters. The Morgan fingerprint density at radius 1 is 1.19 bits per heavy atom. The third-order valence-corrected chi connectivity index (χ3v) is 3.38. The maximum atomic E-state index is 11.5. The van der Waals surface area contributed by atoms with Crippen molar-refractivity contribution in [3.05, 3.63) is 0 Å². The molecule has 21 heavy (non-hydrogen) atoms. The highest BCUT2D eigenvalue weighted by Crippen LogP contribution is 1.98. The first kappa shape index (κ1) is 19.3. The third-order valence-electron chi connectivity index (χ3n) is 2.17. The van der Waals surface area contributed by atoms with Gasteiger partial charge in [0.1, 0.15) is 6.61 Å². The van der Waals surface area contributed by atoms with Crippen LogP contribution in [0.3, 0.4) is 0 Å². The average Bonchev–Trinajstić information content (AvgIpc) is 2.41. The molecular formula is C11H19NO8S. The normalized spacial score (nSPS) is 12.3. The zero-order chi connectivity index (χ0) is 16.5. The number of hydrogen-bond acceptors (Lipinski definition) is 8. The molecule has 0 aliphatic carbocycles. The maximum absolute atomic E-state index is 11.5. The molecule has 1 amide bonds. The lowest BCUT2D eigenvalue weighted by Gasteiger charge is -2.16. The summed E-state index contributed by atoms with van der Waals surface area (Å²) < 4.78 is 35.7. The zero-order valence-electron chi connectivity index (χ0n) is 12.1. The minimum Gasteiger partial charge on any atom is -0.464 e. The summed E-state index contributed by atoms with van der Waals surface area (Å²) in [5.74, 6) is -2.61. The monoisotopic (exact) mass is 325 g/mol. The van der Waals surface area contributed by atoms with Gasteiger partial charge in [-0.15, -0.1) is 0 Å². The lowest BCUT2D eigenvalue weighted by atomic mass is 10.3. The van der Waals surface area contributed by atoms with Gasteiger partial charge in [0.25, 0.3) is 10.1 Å². The molecule has 122 valence electrons. The number of ether oxygens (including phenoxy) is 2. The summed E-state index contributed by atoms with van der Waals surface area (Å²) in [6, 6.07) is -1.13. The predicted octanol–water partition coefficient (Wildman–Crippen LogP) is -1.04. The molecule has 0 bridgehead atoms. The minimum absolute atomic E-state index is 0.106. The fraction of sp³-hybridized carbons (Fsp3) is 0.727. The van der Waals surface area contributed by atoms with Crippen LogP contribution < -0.4 is 5.32 Å². The van der Waals surface area contributed by atoms with Crippen molar-refractivity contribution in [3.63, 3.8) is 0 Å². The Balaban J connectivity index is 4.37. The Hall–Kier alpha value is -1.68. The molecule has 9 nitrogen and oxygen atoms in total. The van der Waals surface area contributed by atoms with Crippen molar-refractivity contribution in [1.29, 1.82) is 0 Å². The van der Waals surface area contributed by atoms with E-state index < -0.39 is 52.8 Å². The SMILES string of the molecule is CCOC(=O)C(COC(=O)CCS(=O)(=O)OC)NC(C)=O. The van der Waals surface area contributed by atoms with E-state index in [1.54, 1.807) is 6.92 Å². The van der Waals surface area contributed by atoms with Crippen LogP contribution in [0.5, 0.6) is 0 Å². The summed E-state index contributed by atoms with van der Waals surface area (Å²) in [6.45, 7) is 2.45. The number of amides is 1. The van der Waals surface area contributed by atoms with E-state index in [-0.39, 0.29) is 6.61 Å². The second-order valence-electron chi connectivity index (χ2n) is 3.87. The Bertz CT molecular complexity index is 473. The van der Waals surface area contributed by atoms with Gasteiger partial charge in [-0.3, -0.25) is 13.8 Å². The molecule has 0 aromatic carbocycles. The van der Waals surface area contributed by atoms with Crippen molar-refractivity contribution >= 4 is 28.0 Å². The Labute approximate surface area is 123 Å². The van der Waals surface area contributed by atoms with Crippen molar-refractivity contribution < 1.29 is 36.5 Å². The van der Waals surface area contributed by atoms with Crippen molar-refractivity contribution in [1.82, 2.24) is 5.32 Å². The predicted molar refractivity (Wildman–Crippen MR) is 70.6 cm³/mol. The van der Waals surface area contributed by atoms with Gasteiger partial charge in [-0.05, 0) is 6.92 Å². The molecule has 0 radical (unpaired) electrons. The van der Waals surface area contributed by atoms with Crippen molar-refractivity contribution in [2.24, 2.45) is 0 Å². The van der Waals surface area contributed by atoms with Crippen LogP contribution in [0.25, 0.3) is 0 Å². The Kier molecular flexibility index (Phi) is 8.55. The van der Waals surface area contributed by atoms with Gasteiger partial charge in [0.05, 0.1) is 25.9 Å². The highest BCUT2D eigenvalue weighted by molar-refractivity contribution is 7.86. The fourth-order valence-corrected chi connectivity index (χ4v) is 1.78. The Morgan fingerprint density at radius 2 is 1.81 bits per heavy atom. The molecule has 0 saturated heterocycles. The van der Waals surface area contributed by atoms with Crippen LogP contribution in [-0.4, -0.2) is 58.4 Å². The van der Waals surface area contributed by atoms with Crippen LogP contribution in [0.4, 0.5) is 0 Å². The van der Waals surface area contributed by atoms with Crippen LogP contribution in [0.2, 0.25) is 0 Å². The highest BCUT2D eigenvalue weighted by atomic mass is 32.2. The minimum atomic E-state index is -3.76. The molecular weight excluding hydrogens is 306 g/mol. The van der Waals surface area contributed by atoms with Crippen LogP contribution in [0, 0.1) is 0 Å². The van der Waals surface area contributed by atoms with E-state index >= 15 is 0 Å². The van der Waals surface area contributed by atoms with Crippen LogP contribution >= 0.6 is 0 Å². The summed E-state index contributed by atoms with van der Waals surface area (Å²) >= 11 is 0. The van der Waals surface area contributed by atoms with Gasteiger partial charge in [-0.2, -0.15) is 8.42 Å². The number of hydrogen-bond donors (Lipinski definition) is 1. The first-order valence-electron chi connectivity index (χ1n) is 6.09. The number of esters is 2. The molecule has 0 aliphatic rings. The summed E-state index contributed by atoms with van der Waals surface area (Å²) in [7, 11) is -2.78. The van der Waals surface area contributed by atoms with E-state index in [0.717, 1.165) is 7.11 Å². The topological polar surface area (TPSA) is 125 Å². The quantitative estimate of drug-likeness (QED) is 0.421. The molecule has 0 heterocycles. The van der Waals surface area contributed by atoms with Crippen LogP contribution in [0.15, 0.2) is 0 Å². The van der Waals surface area contributed by atoms with E-state index in [1.807, 2.05) is 0 Å². The fourth-order valence-electron chi connectivity index (χ4n) is 1.20. The zero-order valence-corrected chi connectivity index (χ0v) is 12.9. The third kappa shape index (κ3) is 8.97. The number of carbonyl (C=O) groups is 3. The first-order chi connectivity index (χ1) is 9.71. The molecule has 0 spiro atoms. The standard InChI is InChI=1S/C11H19NO8S/c1-4-19-11(15)9(12-8(2)13)7-20-10(14)5-6-21(16,17)18-3/h9H,4-7H2,1-3H3,(H,12,13). The van der Waals surface area contributed by atoms with Crippen LogP contribution in [-0.2, 0) is 38.2 Å². The van der Waals surface area contributed by atoms with Gasteiger partial charge in [-0.25, -0.2) is 4.79 Å². The number of rotatable bonds is 9. The van der Waals surface area contributed by atoms with Crippen LogP contribution in [0.1, 0.15) is 20.3 Å². The van der Waals surface area contributed by atoms with Gasteiger partial charge in [0.2, 0.25) is 5.91 Å². The Morgan fingerprint density at radius 3 is 2.29 bits per heavy atom. The van der Waals surface area contributed by atoms with E-state index in [2.05, 4.69) is 9.50 Å². The van der Waals surface area contributed by atoms with Gasteiger partial charge >= 0.3 is 11.9 Å². The smallest absolute Gasteiger partial charge is 0.332 e. The summed E-state index contributed by atoms with van der Waals surface area (Å²) in [4.78, 5) is 33.8. The summed E-state index contributed by atoms with van der Waals surface area (Å²) in [6.07, 6.45) is -0.425. The highest BCUT2D eigenvalue weighted by Gasteiger charge is 2.23. The van der Waals surface area contributed by atoms with Gasteiger partial charge in [0.15, 0.2) is 6.04 Å². The molecule has 0 aliphatic heterocycles. The molecule has 1 N–H and O–H groups in total. The molecule has 0 fully saturated rings.